The van der Waals surface area contributed by atoms with Gasteiger partial charge >= 0.3 is 0 Å². The number of rotatable bonds is 8. The van der Waals surface area contributed by atoms with E-state index >= 15 is 0 Å². The molecule has 118 valence electrons. The van der Waals surface area contributed by atoms with Gasteiger partial charge in [-0.25, -0.2) is 0 Å². The van der Waals surface area contributed by atoms with Crippen molar-refractivity contribution in [1.82, 2.24) is 4.90 Å². The molecule has 1 atom stereocenters. The summed E-state index contributed by atoms with van der Waals surface area (Å²) in [4.78, 5) is 14.7. The van der Waals surface area contributed by atoms with Crippen molar-refractivity contribution in [3.05, 3.63) is 23.8 Å². The maximum absolute atomic E-state index is 12.7. The zero-order chi connectivity index (χ0) is 15.8. The molecule has 0 heterocycles. The van der Waals surface area contributed by atoms with Gasteiger partial charge in [-0.15, -0.1) is 0 Å². The molecule has 0 radical (unpaired) electrons. The van der Waals surface area contributed by atoms with Crippen molar-refractivity contribution in [3.63, 3.8) is 0 Å². The standard InChI is InChI=1S/C17H27NO3/c1-6-8-11-18(13(3)7-2)17(19)14-9-10-15(20-4)16(12-14)21-5/h9-10,12-13H,6-8,11H2,1-5H3. The second-order valence-corrected chi connectivity index (χ2v) is 5.18. The van der Waals surface area contributed by atoms with Gasteiger partial charge in [0.25, 0.3) is 5.91 Å². The number of nitrogens with zero attached hydrogens (tertiary/aromatic N) is 1. The maximum Gasteiger partial charge on any atom is 0.254 e. The molecule has 21 heavy (non-hydrogen) atoms. The Kier molecular flexibility index (Phi) is 7.06. The van der Waals surface area contributed by atoms with Gasteiger partial charge < -0.3 is 14.4 Å². The molecule has 0 saturated heterocycles. The van der Waals surface area contributed by atoms with Crippen LogP contribution in [0.4, 0.5) is 0 Å². The lowest BCUT2D eigenvalue weighted by atomic mass is 10.1. The molecule has 0 aromatic heterocycles. The zero-order valence-corrected chi connectivity index (χ0v) is 13.8. The zero-order valence-electron chi connectivity index (χ0n) is 13.8. The minimum atomic E-state index is 0.0544. The van der Waals surface area contributed by atoms with Gasteiger partial charge in [0.05, 0.1) is 14.2 Å². The van der Waals surface area contributed by atoms with E-state index in [1.165, 1.54) is 0 Å². The summed E-state index contributed by atoms with van der Waals surface area (Å²) in [6.07, 6.45) is 3.04. The number of ether oxygens (including phenoxy) is 2. The van der Waals surface area contributed by atoms with Crippen LogP contribution in [0, 0.1) is 0 Å². The number of unbranched alkanes of at least 4 members (excludes halogenated alkanes) is 1. The molecule has 0 spiro atoms. The summed E-state index contributed by atoms with van der Waals surface area (Å²) in [6, 6.07) is 5.56. The molecule has 0 aliphatic carbocycles. The Bertz CT molecular complexity index is 459. The van der Waals surface area contributed by atoms with Crippen molar-refractivity contribution in [2.24, 2.45) is 0 Å². The summed E-state index contributed by atoms with van der Waals surface area (Å²) >= 11 is 0. The number of benzene rings is 1. The topological polar surface area (TPSA) is 38.8 Å². The molecule has 4 nitrogen and oxygen atoms in total. The van der Waals surface area contributed by atoms with Crippen LogP contribution in [0.25, 0.3) is 0 Å². The third-order valence-corrected chi connectivity index (χ3v) is 3.77. The van der Waals surface area contributed by atoms with Crippen LogP contribution in [0.2, 0.25) is 0 Å². The highest BCUT2D eigenvalue weighted by Crippen LogP contribution is 2.28. The Morgan fingerprint density at radius 3 is 2.38 bits per heavy atom. The van der Waals surface area contributed by atoms with Crippen molar-refractivity contribution in [3.8, 4) is 11.5 Å². The number of carbonyl (C=O) groups is 1. The smallest absolute Gasteiger partial charge is 0.254 e. The van der Waals surface area contributed by atoms with E-state index in [0.29, 0.717) is 17.1 Å². The summed E-state index contributed by atoms with van der Waals surface area (Å²) < 4.78 is 10.5. The third-order valence-electron chi connectivity index (χ3n) is 3.77. The fourth-order valence-electron chi connectivity index (χ4n) is 2.21. The first-order valence-electron chi connectivity index (χ1n) is 7.61. The van der Waals surface area contributed by atoms with Crippen molar-refractivity contribution in [2.75, 3.05) is 20.8 Å². The van der Waals surface area contributed by atoms with E-state index in [0.717, 1.165) is 25.8 Å². The normalized spacial score (nSPS) is 11.9. The Balaban J connectivity index is 3.02. The largest absolute Gasteiger partial charge is 0.493 e. The molecule has 0 bridgehead atoms. The number of hydrogen-bond donors (Lipinski definition) is 0. The van der Waals surface area contributed by atoms with Gasteiger partial charge in [0.1, 0.15) is 0 Å². The van der Waals surface area contributed by atoms with Crippen LogP contribution >= 0.6 is 0 Å². The van der Waals surface area contributed by atoms with Crippen molar-refractivity contribution in [2.45, 2.75) is 46.1 Å². The molecule has 0 N–H and O–H groups in total. The third kappa shape index (κ3) is 4.38. The average molecular weight is 293 g/mol. The number of amides is 1. The van der Waals surface area contributed by atoms with Crippen LogP contribution in [-0.4, -0.2) is 37.6 Å². The molecule has 0 fully saturated rings. The van der Waals surface area contributed by atoms with E-state index in [-0.39, 0.29) is 11.9 Å². The number of hydrogen-bond acceptors (Lipinski definition) is 3. The molecular formula is C17H27NO3. The lowest BCUT2D eigenvalue weighted by Crippen LogP contribution is -2.39. The van der Waals surface area contributed by atoms with Gasteiger partial charge in [-0.2, -0.15) is 0 Å². The van der Waals surface area contributed by atoms with Crippen LogP contribution in [-0.2, 0) is 0 Å². The molecule has 1 rings (SSSR count). The summed E-state index contributed by atoms with van der Waals surface area (Å²) in [5.74, 6) is 1.28. The highest BCUT2D eigenvalue weighted by Gasteiger charge is 2.21. The maximum atomic E-state index is 12.7. The lowest BCUT2D eigenvalue weighted by molar-refractivity contribution is 0.0685. The first kappa shape index (κ1) is 17.3. The molecule has 1 aromatic rings. The fourth-order valence-corrected chi connectivity index (χ4v) is 2.21. The van der Waals surface area contributed by atoms with Crippen LogP contribution in [0.3, 0.4) is 0 Å². The first-order valence-corrected chi connectivity index (χ1v) is 7.61. The molecule has 4 heteroatoms. The molecule has 1 aromatic carbocycles. The molecule has 0 aliphatic rings. The summed E-state index contributed by atoms with van der Waals surface area (Å²) in [5.41, 5.74) is 0.643. The lowest BCUT2D eigenvalue weighted by Gasteiger charge is -2.29. The van der Waals surface area contributed by atoms with E-state index < -0.39 is 0 Å². The molecule has 1 unspecified atom stereocenters. The van der Waals surface area contributed by atoms with Gasteiger partial charge in [0, 0.05) is 18.2 Å². The van der Waals surface area contributed by atoms with Gasteiger partial charge in [0.2, 0.25) is 0 Å². The van der Waals surface area contributed by atoms with Crippen LogP contribution in [0.1, 0.15) is 50.4 Å². The Morgan fingerprint density at radius 2 is 1.86 bits per heavy atom. The SMILES string of the molecule is CCCCN(C(=O)c1ccc(OC)c(OC)c1)C(C)CC. The van der Waals surface area contributed by atoms with Crippen molar-refractivity contribution in [1.29, 1.82) is 0 Å². The quantitative estimate of drug-likeness (QED) is 0.733. The van der Waals surface area contributed by atoms with E-state index in [1.807, 2.05) is 4.90 Å². The summed E-state index contributed by atoms with van der Waals surface area (Å²) in [7, 11) is 3.17. The van der Waals surface area contributed by atoms with Crippen LogP contribution in [0.5, 0.6) is 11.5 Å². The highest BCUT2D eigenvalue weighted by atomic mass is 16.5. The number of carbonyl (C=O) groups excluding carboxylic acids is 1. The van der Waals surface area contributed by atoms with E-state index in [2.05, 4.69) is 20.8 Å². The minimum absolute atomic E-state index is 0.0544. The first-order chi connectivity index (χ1) is 10.1. The van der Waals surface area contributed by atoms with Gasteiger partial charge in [0.15, 0.2) is 11.5 Å². The van der Waals surface area contributed by atoms with E-state index in [9.17, 15) is 4.79 Å². The van der Waals surface area contributed by atoms with Crippen LogP contribution in [0.15, 0.2) is 18.2 Å². The average Bonchev–Trinajstić information content (AvgIpc) is 2.53. The number of methoxy groups -OCH3 is 2. The van der Waals surface area contributed by atoms with E-state index in [4.69, 9.17) is 9.47 Å². The second-order valence-electron chi connectivity index (χ2n) is 5.18. The van der Waals surface area contributed by atoms with Gasteiger partial charge in [-0.3, -0.25) is 4.79 Å². The van der Waals surface area contributed by atoms with Crippen molar-refractivity contribution >= 4 is 5.91 Å². The Morgan fingerprint density at radius 1 is 1.19 bits per heavy atom. The predicted octanol–water partition coefficient (Wildman–Crippen LogP) is 3.74. The fraction of sp³-hybridized carbons (Fsp3) is 0.588. The van der Waals surface area contributed by atoms with Gasteiger partial charge in [-0.1, -0.05) is 20.3 Å². The van der Waals surface area contributed by atoms with Gasteiger partial charge in [-0.05, 0) is 38.0 Å². The summed E-state index contributed by atoms with van der Waals surface area (Å²) in [6.45, 7) is 7.12. The minimum Gasteiger partial charge on any atom is -0.493 e. The molecule has 0 saturated carbocycles. The predicted molar refractivity (Wildman–Crippen MR) is 85.2 cm³/mol. The Labute approximate surface area is 128 Å². The van der Waals surface area contributed by atoms with Crippen molar-refractivity contribution < 1.29 is 14.3 Å². The monoisotopic (exact) mass is 293 g/mol. The molecule has 1 amide bonds. The van der Waals surface area contributed by atoms with E-state index in [1.54, 1.807) is 32.4 Å². The molecule has 0 aliphatic heterocycles. The molecular weight excluding hydrogens is 266 g/mol. The highest BCUT2D eigenvalue weighted by molar-refractivity contribution is 5.95. The van der Waals surface area contributed by atoms with Crippen LogP contribution < -0.4 is 9.47 Å². The second kappa shape index (κ2) is 8.55. The Hall–Kier alpha value is -1.71. The summed E-state index contributed by atoms with van der Waals surface area (Å²) in [5, 5.41) is 0.